The van der Waals surface area contributed by atoms with E-state index >= 15 is 0 Å². The SMILES string of the molecule is NC1=NC(F)(C(=O)COc2ccccc2)N=C2N=CN=C12. The van der Waals surface area contributed by atoms with Crippen LogP contribution in [0.4, 0.5) is 4.39 Å². The molecular weight excluding hydrogens is 277 g/mol. The van der Waals surface area contributed by atoms with Gasteiger partial charge in [-0.15, -0.1) is 0 Å². The van der Waals surface area contributed by atoms with Crippen molar-refractivity contribution in [3.8, 4) is 5.75 Å². The normalized spacial score (nSPS) is 23.0. The van der Waals surface area contributed by atoms with Gasteiger partial charge in [-0.1, -0.05) is 18.2 Å². The molecule has 0 bridgehead atoms. The fourth-order valence-corrected chi connectivity index (χ4v) is 1.78. The largest absolute Gasteiger partial charge is 0.486 e. The molecule has 0 aromatic heterocycles. The van der Waals surface area contributed by atoms with Crippen LogP contribution in [0.2, 0.25) is 0 Å². The quantitative estimate of drug-likeness (QED) is 0.816. The molecule has 1 unspecified atom stereocenters. The summed E-state index contributed by atoms with van der Waals surface area (Å²) in [5.74, 6) is -3.61. The summed E-state index contributed by atoms with van der Waals surface area (Å²) < 4.78 is 19.7. The number of amidine groups is 2. The number of ketones is 1. The average molecular weight is 287 g/mol. The molecule has 3 rings (SSSR count). The number of benzene rings is 1. The average Bonchev–Trinajstić information content (AvgIpc) is 2.94. The van der Waals surface area contributed by atoms with Crippen LogP contribution in [0.3, 0.4) is 0 Å². The van der Waals surface area contributed by atoms with E-state index in [0.29, 0.717) is 5.75 Å². The molecule has 106 valence electrons. The fourth-order valence-electron chi connectivity index (χ4n) is 1.78. The number of Topliss-reactive ketones (excluding diaryl/α,β-unsaturated/α-hetero) is 1. The van der Waals surface area contributed by atoms with E-state index in [1.165, 1.54) is 6.34 Å². The number of hydrogen-bond donors (Lipinski definition) is 1. The summed E-state index contributed by atoms with van der Waals surface area (Å²) in [6.07, 6.45) is 1.17. The van der Waals surface area contributed by atoms with E-state index in [1.807, 2.05) is 0 Å². The summed E-state index contributed by atoms with van der Waals surface area (Å²) in [5.41, 5.74) is 5.73. The van der Waals surface area contributed by atoms with E-state index in [4.69, 9.17) is 10.5 Å². The van der Waals surface area contributed by atoms with Gasteiger partial charge in [-0.3, -0.25) is 4.79 Å². The van der Waals surface area contributed by atoms with Crippen molar-refractivity contribution in [1.29, 1.82) is 0 Å². The predicted octanol–water partition coefficient (Wildman–Crippen LogP) is 0.510. The van der Waals surface area contributed by atoms with Crippen LogP contribution in [-0.2, 0) is 4.79 Å². The molecule has 2 N–H and O–H groups in total. The maximum Gasteiger partial charge on any atom is 0.361 e. The maximum atomic E-state index is 14.5. The summed E-state index contributed by atoms with van der Waals surface area (Å²) in [4.78, 5) is 26.5. The Morgan fingerprint density at radius 2 is 2.05 bits per heavy atom. The molecule has 0 saturated carbocycles. The first-order valence-corrected chi connectivity index (χ1v) is 6.05. The number of nitrogens with two attached hydrogens (primary N) is 1. The fraction of sp³-hybridized carbons (Fsp3) is 0.154. The zero-order valence-corrected chi connectivity index (χ0v) is 10.7. The molecule has 0 spiro atoms. The first kappa shape index (κ1) is 13.1. The molecule has 21 heavy (non-hydrogen) atoms. The second-order valence-electron chi connectivity index (χ2n) is 4.27. The third-order valence-electron chi connectivity index (χ3n) is 2.81. The van der Waals surface area contributed by atoms with Crippen molar-refractivity contribution in [1.82, 2.24) is 0 Å². The molecule has 1 aromatic rings. The number of fused-ring (bicyclic) bond motifs is 1. The van der Waals surface area contributed by atoms with E-state index in [0.717, 1.165) is 0 Å². The number of para-hydroxylation sites is 1. The van der Waals surface area contributed by atoms with Crippen molar-refractivity contribution < 1.29 is 13.9 Å². The third-order valence-corrected chi connectivity index (χ3v) is 2.81. The lowest BCUT2D eigenvalue weighted by atomic mass is 10.2. The smallest absolute Gasteiger partial charge is 0.361 e. The minimum atomic E-state index is -2.82. The Balaban J connectivity index is 1.76. The van der Waals surface area contributed by atoms with Gasteiger partial charge >= 0.3 is 5.92 Å². The van der Waals surface area contributed by atoms with E-state index in [2.05, 4.69) is 20.0 Å². The molecule has 2 aliphatic rings. The highest BCUT2D eigenvalue weighted by Crippen LogP contribution is 2.23. The zero-order valence-electron chi connectivity index (χ0n) is 10.7. The topological polar surface area (TPSA) is 102 Å². The van der Waals surface area contributed by atoms with E-state index in [-0.39, 0.29) is 17.4 Å². The van der Waals surface area contributed by atoms with Crippen LogP contribution in [0.25, 0.3) is 0 Å². The Morgan fingerprint density at radius 3 is 2.81 bits per heavy atom. The standard InChI is InChI=1S/C13H10FN5O2/c14-13(9(20)6-21-8-4-2-1-3-5-8)18-11(15)10-12(19-13)17-7-16-10/h1-5,7H,6H2,(H2,15,18). The van der Waals surface area contributed by atoms with Crippen LogP contribution >= 0.6 is 0 Å². The number of rotatable bonds is 4. The second kappa shape index (κ2) is 4.89. The molecule has 7 nitrogen and oxygen atoms in total. The van der Waals surface area contributed by atoms with Crippen molar-refractivity contribution in [3.05, 3.63) is 30.3 Å². The van der Waals surface area contributed by atoms with Gasteiger partial charge in [0.2, 0.25) is 0 Å². The van der Waals surface area contributed by atoms with Gasteiger partial charge in [0, 0.05) is 0 Å². The van der Waals surface area contributed by atoms with E-state index < -0.39 is 18.3 Å². The highest BCUT2D eigenvalue weighted by molar-refractivity contribution is 6.70. The minimum absolute atomic E-state index is 0.0435. The monoisotopic (exact) mass is 287 g/mol. The number of alkyl halides is 1. The summed E-state index contributed by atoms with van der Waals surface area (Å²) in [5, 5.41) is 0. The number of halogens is 1. The number of aliphatic imine (C=N–C) groups is 4. The molecule has 0 fully saturated rings. The van der Waals surface area contributed by atoms with Crippen molar-refractivity contribution in [3.63, 3.8) is 0 Å². The first-order chi connectivity index (χ1) is 10.1. The van der Waals surface area contributed by atoms with Crippen molar-refractivity contribution >= 4 is 29.5 Å². The number of carbonyl (C=O) groups excluding carboxylic acids is 1. The molecule has 0 radical (unpaired) electrons. The maximum absolute atomic E-state index is 14.5. The zero-order chi connectivity index (χ0) is 14.9. The number of carbonyl (C=O) groups is 1. The van der Waals surface area contributed by atoms with Crippen LogP contribution in [0.1, 0.15) is 0 Å². The Hall–Kier alpha value is -2.90. The molecule has 1 aromatic carbocycles. The van der Waals surface area contributed by atoms with Crippen LogP contribution in [0.15, 0.2) is 50.3 Å². The lowest BCUT2D eigenvalue weighted by Gasteiger charge is -2.20. The summed E-state index contributed by atoms with van der Waals surface area (Å²) >= 11 is 0. The molecule has 2 heterocycles. The van der Waals surface area contributed by atoms with Crippen molar-refractivity contribution in [2.45, 2.75) is 5.92 Å². The van der Waals surface area contributed by atoms with Gasteiger partial charge in [0.15, 0.2) is 24.0 Å². The molecule has 0 aliphatic carbocycles. The summed E-state index contributed by atoms with van der Waals surface area (Å²) in [6, 6.07) is 8.56. The molecule has 0 saturated heterocycles. The van der Waals surface area contributed by atoms with Gasteiger partial charge in [-0.2, -0.15) is 14.4 Å². The van der Waals surface area contributed by atoms with Gasteiger partial charge in [0.25, 0.3) is 5.78 Å². The predicted molar refractivity (Wildman–Crippen MR) is 75.8 cm³/mol. The van der Waals surface area contributed by atoms with E-state index in [9.17, 15) is 9.18 Å². The Labute approximate surface area is 118 Å². The van der Waals surface area contributed by atoms with Gasteiger partial charge < -0.3 is 10.5 Å². The number of ether oxygens (including phenoxy) is 1. The van der Waals surface area contributed by atoms with E-state index in [1.54, 1.807) is 30.3 Å². The van der Waals surface area contributed by atoms with Crippen LogP contribution in [0, 0.1) is 0 Å². The van der Waals surface area contributed by atoms with Gasteiger partial charge in [-0.25, -0.2) is 9.98 Å². The summed E-state index contributed by atoms with van der Waals surface area (Å²) in [6.45, 7) is -0.524. The number of hydrogen-bond acceptors (Lipinski definition) is 7. The van der Waals surface area contributed by atoms with Crippen LogP contribution in [0.5, 0.6) is 5.75 Å². The molecule has 8 heteroatoms. The Morgan fingerprint density at radius 1 is 1.29 bits per heavy atom. The molecule has 0 amide bonds. The number of nitrogens with zero attached hydrogens (tertiary/aromatic N) is 4. The molecular formula is C13H10FN5O2. The van der Waals surface area contributed by atoms with Crippen molar-refractivity contribution in [2.75, 3.05) is 6.61 Å². The Kier molecular flexibility index (Phi) is 3.05. The van der Waals surface area contributed by atoms with Crippen LogP contribution < -0.4 is 10.5 Å². The minimum Gasteiger partial charge on any atom is -0.486 e. The molecule has 1 atom stereocenters. The second-order valence-corrected chi connectivity index (χ2v) is 4.27. The van der Waals surface area contributed by atoms with Crippen molar-refractivity contribution in [2.24, 2.45) is 25.7 Å². The highest BCUT2D eigenvalue weighted by Gasteiger charge is 2.43. The third kappa shape index (κ3) is 2.42. The summed E-state index contributed by atoms with van der Waals surface area (Å²) in [7, 11) is 0. The van der Waals surface area contributed by atoms with Gasteiger partial charge in [-0.05, 0) is 12.1 Å². The highest BCUT2D eigenvalue weighted by atomic mass is 19.1. The van der Waals surface area contributed by atoms with Gasteiger partial charge in [0.1, 0.15) is 12.1 Å². The first-order valence-electron chi connectivity index (χ1n) is 6.05. The van der Waals surface area contributed by atoms with Crippen LogP contribution in [-0.4, -0.2) is 42.0 Å². The lowest BCUT2D eigenvalue weighted by Crippen LogP contribution is -2.44. The van der Waals surface area contributed by atoms with Gasteiger partial charge in [0.05, 0.1) is 0 Å². The Bertz CT molecular complexity index is 711. The molecule has 2 aliphatic heterocycles. The lowest BCUT2D eigenvalue weighted by molar-refractivity contribution is -0.131.